The van der Waals surface area contributed by atoms with Crippen molar-refractivity contribution >= 4 is 29.3 Å². The number of nitrogens with one attached hydrogen (secondary N) is 1. The zero-order valence-corrected chi connectivity index (χ0v) is 20.3. The molecule has 0 saturated heterocycles. The quantitative estimate of drug-likeness (QED) is 0.463. The number of rotatable bonds is 9. The predicted molar refractivity (Wildman–Crippen MR) is 131 cm³/mol. The highest BCUT2D eigenvalue weighted by molar-refractivity contribution is 7.98. The zero-order chi connectivity index (χ0) is 23.8. The molecule has 0 saturated carbocycles. The molecule has 1 N–H and O–H groups in total. The lowest BCUT2D eigenvalue weighted by molar-refractivity contribution is -0.122. The van der Waals surface area contributed by atoms with Crippen molar-refractivity contribution in [3.63, 3.8) is 0 Å². The van der Waals surface area contributed by atoms with E-state index in [0.29, 0.717) is 17.8 Å². The Hall–Kier alpha value is -3.13. The largest absolute Gasteiger partial charge is 0.451 e. The number of hydrogen-bond acceptors (Lipinski definition) is 6. The van der Waals surface area contributed by atoms with Crippen LogP contribution in [0.5, 0.6) is 0 Å². The van der Waals surface area contributed by atoms with Gasteiger partial charge in [0.15, 0.2) is 12.1 Å². The summed E-state index contributed by atoms with van der Waals surface area (Å²) in [6.45, 7) is 6.90. The highest BCUT2D eigenvalue weighted by Gasteiger charge is 2.34. The standard InChI is InChI=1S/C25H30N4O3S/c1-25(2,3)19-8-10-20(11-9-19)29(24(31)21-16-32-17-28-21)22(18-7-5-12-26-15-18)23(30)27-13-6-14-33-4/h5,7-12,15-17,22H,6,13-14H2,1-4H3,(H,27,30). The summed E-state index contributed by atoms with van der Waals surface area (Å²) in [5.74, 6) is 0.231. The molecule has 0 aliphatic rings. The van der Waals surface area contributed by atoms with E-state index in [4.69, 9.17) is 4.42 Å². The molecule has 2 heterocycles. The normalized spacial score (nSPS) is 12.2. The fourth-order valence-electron chi connectivity index (χ4n) is 3.43. The molecule has 3 aromatic rings. The monoisotopic (exact) mass is 466 g/mol. The Labute approximate surface area is 199 Å². The maximum atomic E-state index is 13.6. The summed E-state index contributed by atoms with van der Waals surface area (Å²) in [6, 6.07) is 10.3. The van der Waals surface area contributed by atoms with Gasteiger partial charge in [-0.05, 0) is 47.6 Å². The van der Waals surface area contributed by atoms with E-state index in [1.54, 1.807) is 36.3 Å². The first kappa shape index (κ1) is 24.5. The lowest BCUT2D eigenvalue weighted by atomic mass is 9.87. The molecular weight excluding hydrogens is 436 g/mol. The molecule has 1 atom stereocenters. The zero-order valence-electron chi connectivity index (χ0n) is 19.4. The topological polar surface area (TPSA) is 88.3 Å². The van der Waals surface area contributed by atoms with Crippen LogP contribution in [0.3, 0.4) is 0 Å². The van der Waals surface area contributed by atoms with Crippen LogP contribution in [0.1, 0.15) is 54.8 Å². The van der Waals surface area contributed by atoms with Gasteiger partial charge in [0.1, 0.15) is 12.3 Å². The first-order chi connectivity index (χ1) is 15.8. The predicted octanol–water partition coefficient (Wildman–Crippen LogP) is 4.62. The molecule has 1 unspecified atom stereocenters. The van der Waals surface area contributed by atoms with Crippen LogP contribution in [-0.4, -0.2) is 40.3 Å². The van der Waals surface area contributed by atoms with Crippen LogP contribution in [0.25, 0.3) is 0 Å². The van der Waals surface area contributed by atoms with Crippen molar-refractivity contribution in [2.45, 2.75) is 38.6 Å². The van der Waals surface area contributed by atoms with E-state index in [9.17, 15) is 9.59 Å². The maximum Gasteiger partial charge on any atom is 0.281 e. The average molecular weight is 467 g/mol. The molecule has 1 aromatic carbocycles. The van der Waals surface area contributed by atoms with Crippen LogP contribution in [0, 0.1) is 0 Å². The first-order valence-corrected chi connectivity index (χ1v) is 12.2. The van der Waals surface area contributed by atoms with E-state index in [2.05, 4.69) is 36.1 Å². The summed E-state index contributed by atoms with van der Waals surface area (Å²) in [5.41, 5.74) is 2.40. The number of carbonyl (C=O) groups is 2. The van der Waals surface area contributed by atoms with Gasteiger partial charge in [0.2, 0.25) is 5.91 Å². The number of carbonyl (C=O) groups excluding carboxylic acids is 2. The van der Waals surface area contributed by atoms with Crippen molar-refractivity contribution in [3.8, 4) is 0 Å². The summed E-state index contributed by atoms with van der Waals surface area (Å²) in [5, 5.41) is 2.98. The van der Waals surface area contributed by atoms with Crippen molar-refractivity contribution in [2.24, 2.45) is 0 Å². The van der Waals surface area contributed by atoms with E-state index in [1.165, 1.54) is 17.6 Å². The second-order valence-corrected chi connectivity index (χ2v) is 9.66. The van der Waals surface area contributed by atoms with E-state index in [-0.39, 0.29) is 17.0 Å². The van der Waals surface area contributed by atoms with Crippen LogP contribution < -0.4 is 10.2 Å². The number of oxazole rings is 1. The highest BCUT2D eigenvalue weighted by atomic mass is 32.2. The molecule has 0 aliphatic heterocycles. The molecule has 0 bridgehead atoms. The van der Waals surface area contributed by atoms with Gasteiger partial charge in [-0.25, -0.2) is 4.98 Å². The smallest absolute Gasteiger partial charge is 0.281 e. The van der Waals surface area contributed by atoms with E-state index in [0.717, 1.165) is 17.7 Å². The summed E-state index contributed by atoms with van der Waals surface area (Å²) in [6.07, 6.45) is 8.60. The highest BCUT2D eigenvalue weighted by Crippen LogP contribution is 2.31. The van der Waals surface area contributed by atoms with Gasteiger partial charge < -0.3 is 9.73 Å². The number of pyridine rings is 1. The number of benzene rings is 1. The Balaban J connectivity index is 2.05. The Morgan fingerprint density at radius 1 is 1.18 bits per heavy atom. The van der Waals surface area contributed by atoms with E-state index in [1.807, 2.05) is 30.5 Å². The second kappa shape index (κ2) is 11.1. The van der Waals surface area contributed by atoms with E-state index >= 15 is 0 Å². The van der Waals surface area contributed by atoms with Crippen molar-refractivity contribution in [1.82, 2.24) is 15.3 Å². The first-order valence-electron chi connectivity index (χ1n) is 10.8. The molecule has 8 heteroatoms. The van der Waals surface area contributed by atoms with E-state index < -0.39 is 11.9 Å². The molecule has 2 amide bonds. The Morgan fingerprint density at radius 3 is 2.52 bits per heavy atom. The number of aromatic nitrogens is 2. The number of nitrogens with zero attached hydrogens (tertiary/aromatic N) is 3. The minimum Gasteiger partial charge on any atom is -0.451 e. The summed E-state index contributed by atoms with van der Waals surface area (Å²) >= 11 is 1.72. The molecule has 33 heavy (non-hydrogen) atoms. The number of hydrogen-bond donors (Lipinski definition) is 1. The third-order valence-corrected chi connectivity index (χ3v) is 5.91. The number of anilines is 1. The Bertz CT molecular complexity index is 1030. The van der Waals surface area contributed by atoms with Crippen LogP contribution >= 0.6 is 11.8 Å². The molecule has 0 spiro atoms. The van der Waals surface area contributed by atoms with Crippen molar-refractivity contribution in [1.29, 1.82) is 0 Å². The summed E-state index contributed by atoms with van der Waals surface area (Å²) in [4.78, 5) is 36.7. The minimum atomic E-state index is -0.919. The van der Waals surface area contributed by atoms with Gasteiger partial charge in [-0.1, -0.05) is 39.0 Å². The van der Waals surface area contributed by atoms with Crippen molar-refractivity contribution in [3.05, 3.63) is 78.3 Å². The molecule has 7 nitrogen and oxygen atoms in total. The third-order valence-electron chi connectivity index (χ3n) is 5.21. The third kappa shape index (κ3) is 6.22. The number of amides is 2. The molecule has 0 fully saturated rings. The van der Waals surface area contributed by atoms with Crippen LogP contribution in [0.2, 0.25) is 0 Å². The maximum absolute atomic E-state index is 13.6. The molecular formula is C25H30N4O3S. The minimum absolute atomic E-state index is 0.0447. The number of thioether (sulfide) groups is 1. The van der Waals surface area contributed by atoms with Crippen molar-refractivity contribution < 1.29 is 14.0 Å². The lowest BCUT2D eigenvalue weighted by Crippen LogP contribution is -2.44. The molecule has 3 rings (SSSR count). The van der Waals surface area contributed by atoms with Gasteiger partial charge in [-0.2, -0.15) is 11.8 Å². The Kier molecular flexibility index (Phi) is 8.27. The van der Waals surface area contributed by atoms with Crippen molar-refractivity contribution in [2.75, 3.05) is 23.5 Å². The molecule has 0 aliphatic carbocycles. The average Bonchev–Trinajstić information content (AvgIpc) is 3.35. The van der Waals surface area contributed by atoms with Gasteiger partial charge in [-0.3, -0.25) is 19.5 Å². The van der Waals surface area contributed by atoms with Gasteiger partial charge in [0.05, 0.1) is 0 Å². The molecule has 174 valence electrons. The van der Waals surface area contributed by atoms with Crippen LogP contribution in [0.15, 0.2) is 65.9 Å². The summed E-state index contributed by atoms with van der Waals surface area (Å²) < 4.78 is 5.05. The van der Waals surface area contributed by atoms with Gasteiger partial charge in [0, 0.05) is 30.2 Å². The SMILES string of the molecule is CSCCCNC(=O)C(c1cccnc1)N(C(=O)c1cocn1)c1ccc(C(C)(C)C)cc1. The fourth-order valence-corrected chi connectivity index (χ4v) is 3.86. The van der Waals surface area contributed by atoms with Crippen LogP contribution in [-0.2, 0) is 10.2 Å². The lowest BCUT2D eigenvalue weighted by Gasteiger charge is -2.31. The fraction of sp³-hybridized carbons (Fsp3) is 0.360. The van der Waals surface area contributed by atoms with Crippen LogP contribution in [0.4, 0.5) is 5.69 Å². The summed E-state index contributed by atoms with van der Waals surface area (Å²) in [7, 11) is 0. The molecule has 2 aromatic heterocycles. The van der Waals surface area contributed by atoms with Gasteiger partial charge in [-0.15, -0.1) is 0 Å². The van der Waals surface area contributed by atoms with Gasteiger partial charge in [0.25, 0.3) is 5.91 Å². The Morgan fingerprint density at radius 2 is 1.94 bits per heavy atom. The van der Waals surface area contributed by atoms with Gasteiger partial charge >= 0.3 is 0 Å². The second-order valence-electron chi connectivity index (χ2n) is 8.67. The molecule has 0 radical (unpaired) electrons.